The summed E-state index contributed by atoms with van der Waals surface area (Å²) >= 11 is 0. The van der Waals surface area contributed by atoms with E-state index in [0.29, 0.717) is 18.5 Å². The molecule has 1 N–H and O–H groups in total. The average molecular weight is 475 g/mol. The maximum absolute atomic E-state index is 5.47. The SMILES string of the molecule is CCNC(=NCc1cccc(OC)n1)N1CCC(N2CCOCC2)C1.I. The van der Waals surface area contributed by atoms with Crippen LogP contribution in [0.1, 0.15) is 19.0 Å². The topological polar surface area (TPSA) is 62.2 Å². The van der Waals surface area contributed by atoms with Crippen LogP contribution in [-0.2, 0) is 11.3 Å². The number of methoxy groups -OCH3 is 1. The van der Waals surface area contributed by atoms with E-state index in [1.54, 1.807) is 7.11 Å². The number of nitrogens with one attached hydrogen (secondary N) is 1. The summed E-state index contributed by atoms with van der Waals surface area (Å²) in [5.74, 6) is 1.61. The largest absolute Gasteiger partial charge is 0.481 e. The van der Waals surface area contributed by atoms with Gasteiger partial charge in [-0.1, -0.05) is 6.07 Å². The summed E-state index contributed by atoms with van der Waals surface area (Å²) in [5.41, 5.74) is 0.915. The highest BCUT2D eigenvalue weighted by molar-refractivity contribution is 14.0. The summed E-state index contributed by atoms with van der Waals surface area (Å²) in [6.07, 6.45) is 1.18. The number of hydrogen-bond donors (Lipinski definition) is 1. The first kappa shape index (κ1) is 21.2. The van der Waals surface area contributed by atoms with Gasteiger partial charge in [-0.2, -0.15) is 0 Å². The molecule has 2 aliphatic rings. The van der Waals surface area contributed by atoms with Gasteiger partial charge in [0, 0.05) is 44.8 Å². The van der Waals surface area contributed by atoms with E-state index < -0.39 is 0 Å². The van der Waals surface area contributed by atoms with Crippen LogP contribution in [0.15, 0.2) is 23.2 Å². The van der Waals surface area contributed by atoms with Crippen molar-refractivity contribution < 1.29 is 9.47 Å². The number of aliphatic imine (C=N–C) groups is 1. The third-order valence-electron chi connectivity index (χ3n) is 4.74. The second-order valence-electron chi connectivity index (χ2n) is 6.38. The van der Waals surface area contributed by atoms with Gasteiger partial charge in [-0.15, -0.1) is 24.0 Å². The van der Waals surface area contributed by atoms with E-state index in [4.69, 9.17) is 14.5 Å². The molecule has 0 spiro atoms. The van der Waals surface area contributed by atoms with E-state index >= 15 is 0 Å². The first-order chi connectivity index (χ1) is 12.3. The fourth-order valence-electron chi connectivity index (χ4n) is 3.42. The minimum absolute atomic E-state index is 0. The highest BCUT2D eigenvalue weighted by atomic mass is 127. The van der Waals surface area contributed by atoms with Crippen molar-refractivity contribution in [3.8, 4) is 5.88 Å². The highest BCUT2D eigenvalue weighted by Gasteiger charge is 2.30. The molecule has 3 rings (SSSR count). The van der Waals surface area contributed by atoms with Crippen LogP contribution >= 0.6 is 24.0 Å². The third-order valence-corrected chi connectivity index (χ3v) is 4.74. The molecule has 0 amide bonds. The Balaban J connectivity index is 0.00000243. The monoisotopic (exact) mass is 475 g/mol. The molecule has 0 radical (unpaired) electrons. The number of morpholine rings is 1. The highest BCUT2D eigenvalue weighted by Crippen LogP contribution is 2.17. The van der Waals surface area contributed by atoms with Gasteiger partial charge in [-0.05, 0) is 19.4 Å². The Labute approximate surface area is 173 Å². The molecule has 3 heterocycles. The van der Waals surface area contributed by atoms with Crippen LogP contribution in [-0.4, -0.2) is 79.8 Å². The number of halogens is 1. The van der Waals surface area contributed by atoms with E-state index in [9.17, 15) is 0 Å². The number of hydrogen-bond acceptors (Lipinski definition) is 5. The molecule has 1 aromatic heterocycles. The zero-order valence-corrected chi connectivity index (χ0v) is 18.0. The Morgan fingerprint density at radius 3 is 2.88 bits per heavy atom. The Morgan fingerprint density at radius 2 is 2.15 bits per heavy atom. The van der Waals surface area contributed by atoms with Crippen LogP contribution in [0.25, 0.3) is 0 Å². The summed E-state index contributed by atoms with van der Waals surface area (Å²) < 4.78 is 10.7. The minimum Gasteiger partial charge on any atom is -0.481 e. The predicted octanol–water partition coefficient (Wildman–Crippen LogP) is 1.58. The zero-order chi connectivity index (χ0) is 17.5. The lowest BCUT2D eigenvalue weighted by molar-refractivity contribution is 0.0195. The van der Waals surface area contributed by atoms with E-state index in [-0.39, 0.29) is 24.0 Å². The molecule has 146 valence electrons. The minimum atomic E-state index is 0. The van der Waals surface area contributed by atoms with Crippen molar-refractivity contribution in [3.05, 3.63) is 23.9 Å². The van der Waals surface area contributed by atoms with Crippen LogP contribution < -0.4 is 10.1 Å². The van der Waals surface area contributed by atoms with Gasteiger partial charge in [-0.25, -0.2) is 9.98 Å². The summed E-state index contributed by atoms with van der Waals surface area (Å²) in [6.45, 7) is 9.38. The predicted molar refractivity (Wildman–Crippen MR) is 113 cm³/mol. The first-order valence-corrected chi connectivity index (χ1v) is 9.15. The van der Waals surface area contributed by atoms with E-state index in [1.165, 1.54) is 6.42 Å². The lowest BCUT2D eigenvalue weighted by atomic mass is 10.2. The van der Waals surface area contributed by atoms with Crippen LogP contribution in [0, 0.1) is 0 Å². The Kier molecular flexibility index (Phi) is 8.86. The fourth-order valence-corrected chi connectivity index (χ4v) is 3.42. The molecule has 26 heavy (non-hydrogen) atoms. The summed E-state index contributed by atoms with van der Waals surface area (Å²) in [5, 5.41) is 3.42. The van der Waals surface area contributed by atoms with Crippen LogP contribution in [0.5, 0.6) is 5.88 Å². The van der Waals surface area contributed by atoms with Crippen molar-refractivity contribution in [3.63, 3.8) is 0 Å². The van der Waals surface area contributed by atoms with Crippen LogP contribution in [0.2, 0.25) is 0 Å². The summed E-state index contributed by atoms with van der Waals surface area (Å²) in [4.78, 5) is 14.1. The average Bonchev–Trinajstić information content (AvgIpc) is 3.16. The maximum Gasteiger partial charge on any atom is 0.213 e. The van der Waals surface area contributed by atoms with Crippen molar-refractivity contribution in [2.45, 2.75) is 25.9 Å². The van der Waals surface area contributed by atoms with Crippen molar-refractivity contribution in [1.82, 2.24) is 20.1 Å². The molecule has 7 nitrogen and oxygen atoms in total. The lowest BCUT2D eigenvalue weighted by Crippen LogP contribution is -2.46. The molecule has 0 aliphatic carbocycles. The van der Waals surface area contributed by atoms with Gasteiger partial charge in [0.1, 0.15) is 0 Å². The van der Waals surface area contributed by atoms with Crippen LogP contribution in [0.4, 0.5) is 0 Å². The fraction of sp³-hybridized carbons (Fsp3) is 0.667. The number of nitrogens with zero attached hydrogens (tertiary/aromatic N) is 4. The van der Waals surface area contributed by atoms with E-state index in [0.717, 1.165) is 57.6 Å². The van der Waals surface area contributed by atoms with Crippen molar-refractivity contribution in [2.24, 2.45) is 4.99 Å². The normalized spacial score (nSPS) is 21.4. The van der Waals surface area contributed by atoms with E-state index in [1.807, 2.05) is 18.2 Å². The molecule has 8 heteroatoms. The first-order valence-electron chi connectivity index (χ1n) is 9.15. The number of rotatable bonds is 5. The van der Waals surface area contributed by atoms with Gasteiger partial charge in [-0.3, -0.25) is 4.90 Å². The van der Waals surface area contributed by atoms with Gasteiger partial charge < -0.3 is 19.7 Å². The smallest absolute Gasteiger partial charge is 0.213 e. The molecule has 1 aromatic rings. The van der Waals surface area contributed by atoms with Gasteiger partial charge in [0.05, 0.1) is 32.6 Å². The molecule has 0 bridgehead atoms. The van der Waals surface area contributed by atoms with Gasteiger partial charge in [0.2, 0.25) is 5.88 Å². The van der Waals surface area contributed by atoms with Crippen molar-refractivity contribution >= 4 is 29.9 Å². The van der Waals surface area contributed by atoms with Crippen molar-refractivity contribution in [2.75, 3.05) is 53.0 Å². The van der Waals surface area contributed by atoms with E-state index in [2.05, 4.69) is 27.0 Å². The zero-order valence-electron chi connectivity index (χ0n) is 15.7. The molecule has 2 saturated heterocycles. The number of guanidine groups is 1. The second kappa shape index (κ2) is 10.9. The standard InChI is InChI=1S/C18H29N5O2.HI/c1-3-19-18(20-13-15-5-4-6-17(21-15)24-2)23-8-7-16(14-23)22-9-11-25-12-10-22;/h4-6,16H,3,7-14H2,1-2H3,(H,19,20);1H. The summed E-state index contributed by atoms with van der Waals surface area (Å²) in [7, 11) is 1.63. The Hall–Kier alpha value is -1.13. The molecule has 2 fully saturated rings. The van der Waals surface area contributed by atoms with Gasteiger partial charge >= 0.3 is 0 Å². The quantitative estimate of drug-likeness (QED) is 0.397. The molecule has 0 aromatic carbocycles. The lowest BCUT2D eigenvalue weighted by Gasteiger charge is -2.32. The van der Waals surface area contributed by atoms with Crippen molar-refractivity contribution in [1.29, 1.82) is 0 Å². The number of aromatic nitrogens is 1. The number of ether oxygens (including phenoxy) is 2. The molecular formula is C18H30IN5O2. The number of pyridine rings is 1. The maximum atomic E-state index is 5.47. The Bertz CT molecular complexity index is 580. The molecule has 1 unspecified atom stereocenters. The molecular weight excluding hydrogens is 445 g/mol. The van der Waals surface area contributed by atoms with Gasteiger partial charge in [0.25, 0.3) is 0 Å². The van der Waals surface area contributed by atoms with Gasteiger partial charge in [0.15, 0.2) is 5.96 Å². The molecule has 2 aliphatic heterocycles. The third kappa shape index (κ3) is 5.68. The molecule has 0 saturated carbocycles. The Morgan fingerprint density at radius 1 is 1.35 bits per heavy atom. The second-order valence-corrected chi connectivity index (χ2v) is 6.38. The summed E-state index contributed by atoms with van der Waals surface area (Å²) in [6, 6.07) is 6.39. The number of likely N-dealkylation sites (tertiary alicyclic amines) is 1. The molecule has 1 atom stereocenters. The van der Waals surface area contributed by atoms with Crippen LogP contribution in [0.3, 0.4) is 0 Å².